The van der Waals surface area contributed by atoms with Gasteiger partial charge in [0.15, 0.2) is 5.65 Å². The molecule has 0 saturated heterocycles. The molecule has 1 aliphatic carbocycles. The Morgan fingerprint density at radius 1 is 1.21 bits per heavy atom. The molecule has 0 radical (unpaired) electrons. The van der Waals surface area contributed by atoms with Gasteiger partial charge in [0, 0.05) is 5.02 Å². The lowest BCUT2D eigenvalue weighted by Gasteiger charge is -2.19. The highest BCUT2D eigenvalue weighted by Crippen LogP contribution is 2.42. The van der Waals surface area contributed by atoms with Gasteiger partial charge in [-0.25, -0.2) is 14.6 Å². The number of anilines is 1. The molecule has 0 amide bonds. The molecule has 6 nitrogen and oxygen atoms in total. The van der Waals surface area contributed by atoms with Gasteiger partial charge in [0.05, 0.1) is 23.7 Å². The third-order valence-corrected chi connectivity index (χ3v) is 5.12. The molecule has 3 atom stereocenters. The van der Waals surface area contributed by atoms with Crippen molar-refractivity contribution in [2.75, 3.05) is 5.73 Å². The molecule has 0 bridgehead atoms. The summed E-state index contributed by atoms with van der Waals surface area (Å²) in [6.45, 7) is 0. The Kier molecular flexibility index (Phi) is 3.86. The summed E-state index contributed by atoms with van der Waals surface area (Å²) in [6, 6.07) is 7.61. The van der Waals surface area contributed by atoms with Gasteiger partial charge in [-0.1, -0.05) is 23.7 Å². The Morgan fingerprint density at radius 2 is 2.00 bits per heavy atom. The number of nitrogens with zero attached hydrogens (tertiary/aromatic N) is 4. The van der Waals surface area contributed by atoms with Crippen molar-refractivity contribution in [2.24, 2.45) is 5.92 Å². The van der Waals surface area contributed by atoms with Crippen LogP contribution in [0, 0.1) is 5.92 Å². The molecule has 2 heterocycles. The van der Waals surface area contributed by atoms with E-state index in [1.165, 1.54) is 6.33 Å². The van der Waals surface area contributed by atoms with E-state index in [4.69, 9.17) is 17.3 Å². The van der Waals surface area contributed by atoms with Gasteiger partial charge in [-0.05, 0) is 42.9 Å². The topological polar surface area (TPSA) is 89.9 Å². The fourth-order valence-electron chi connectivity index (χ4n) is 3.58. The van der Waals surface area contributed by atoms with E-state index >= 15 is 0 Å². The number of nitrogen functional groups attached to an aromatic ring is 1. The fraction of sp³-hybridized carbons (Fsp3) is 0.353. The van der Waals surface area contributed by atoms with Crippen molar-refractivity contribution in [3.05, 3.63) is 47.4 Å². The largest absolute Gasteiger partial charge is 0.388 e. The molecule has 2 aromatic heterocycles. The maximum absolute atomic E-state index is 10.7. The van der Waals surface area contributed by atoms with Crippen molar-refractivity contribution in [1.29, 1.82) is 0 Å². The highest BCUT2D eigenvalue weighted by Gasteiger charge is 2.33. The number of benzene rings is 1. The first-order chi connectivity index (χ1) is 11.6. The zero-order valence-electron chi connectivity index (χ0n) is 13.0. The normalized spacial score (nSPS) is 22.1. The summed E-state index contributed by atoms with van der Waals surface area (Å²) in [6.07, 6.45) is 5.43. The Morgan fingerprint density at radius 3 is 2.79 bits per heavy atom. The van der Waals surface area contributed by atoms with Crippen LogP contribution in [0.1, 0.15) is 37.0 Å². The molecule has 124 valence electrons. The van der Waals surface area contributed by atoms with Crippen molar-refractivity contribution < 1.29 is 5.11 Å². The Bertz CT molecular complexity index is 863. The van der Waals surface area contributed by atoms with Gasteiger partial charge in [0.25, 0.3) is 0 Å². The minimum absolute atomic E-state index is 0.189. The van der Waals surface area contributed by atoms with E-state index in [1.54, 1.807) is 6.20 Å². The van der Waals surface area contributed by atoms with E-state index in [2.05, 4.69) is 15.1 Å². The van der Waals surface area contributed by atoms with E-state index in [0.717, 1.165) is 35.9 Å². The summed E-state index contributed by atoms with van der Waals surface area (Å²) in [4.78, 5) is 8.32. The van der Waals surface area contributed by atoms with Gasteiger partial charge in [-0.2, -0.15) is 5.10 Å². The predicted molar refractivity (Wildman–Crippen MR) is 92.5 cm³/mol. The summed E-state index contributed by atoms with van der Waals surface area (Å²) < 4.78 is 1.92. The van der Waals surface area contributed by atoms with E-state index in [1.807, 2.05) is 28.9 Å². The average molecular weight is 344 g/mol. The Labute approximate surface area is 144 Å². The maximum Gasteiger partial charge on any atom is 0.163 e. The molecule has 24 heavy (non-hydrogen) atoms. The standard InChI is InChI=1S/C17H18ClN5O/c18-12-4-1-10(2-5-12)15(24)11-3-6-13(7-11)23-17-14(8-22-23)16(19)20-9-21-17/h1-2,4-5,8-9,11,13,15,24H,3,6-7H2,(H2,19,20,21). The molecule has 4 rings (SSSR count). The van der Waals surface area contributed by atoms with E-state index in [0.29, 0.717) is 10.8 Å². The van der Waals surface area contributed by atoms with Crippen molar-refractivity contribution >= 4 is 28.5 Å². The van der Waals surface area contributed by atoms with Crippen molar-refractivity contribution in [1.82, 2.24) is 19.7 Å². The van der Waals surface area contributed by atoms with Crippen LogP contribution < -0.4 is 5.73 Å². The third-order valence-electron chi connectivity index (χ3n) is 4.87. The molecular weight excluding hydrogens is 326 g/mol. The number of fused-ring (bicyclic) bond motifs is 1. The van der Waals surface area contributed by atoms with Crippen LogP contribution in [0.5, 0.6) is 0 Å². The highest BCUT2D eigenvalue weighted by molar-refractivity contribution is 6.30. The van der Waals surface area contributed by atoms with Crippen LogP contribution >= 0.6 is 11.6 Å². The molecule has 0 aliphatic heterocycles. The van der Waals surface area contributed by atoms with E-state index in [9.17, 15) is 5.11 Å². The molecule has 3 N–H and O–H groups in total. The number of aliphatic hydroxyl groups excluding tert-OH is 1. The number of aliphatic hydroxyl groups is 1. The molecule has 7 heteroatoms. The number of hydrogen-bond acceptors (Lipinski definition) is 5. The first-order valence-electron chi connectivity index (χ1n) is 8.00. The smallest absolute Gasteiger partial charge is 0.163 e. The monoisotopic (exact) mass is 343 g/mol. The fourth-order valence-corrected chi connectivity index (χ4v) is 3.71. The third kappa shape index (κ3) is 2.61. The molecule has 1 aromatic carbocycles. The number of nitrogens with two attached hydrogens (primary N) is 1. The van der Waals surface area contributed by atoms with Gasteiger partial charge in [0.2, 0.25) is 0 Å². The van der Waals surface area contributed by atoms with Gasteiger partial charge >= 0.3 is 0 Å². The Balaban J connectivity index is 1.55. The summed E-state index contributed by atoms with van der Waals surface area (Å²) >= 11 is 5.92. The van der Waals surface area contributed by atoms with Crippen molar-refractivity contribution in [3.8, 4) is 0 Å². The summed E-state index contributed by atoms with van der Waals surface area (Å²) in [5.41, 5.74) is 7.54. The first kappa shape index (κ1) is 15.4. The second-order valence-corrected chi connectivity index (χ2v) is 6.75. The molecule has 0 spiro atoms. The number of hydrogen-bond donors (Lipinski definition) is 2. The van der Waals surface area contributed by atoms with E-state index < -0.39 is 6.10 Å². The van der Waals surface area contributed by atoms with Crippen molar-refractivity contribution in [3.63, 3.8) is 0 Å². The second kappa shape index (κ2) is 6.03. The summed E-state index contributed by atoms with van der Waals surface area (Å²) in [5, 5.41) is 16.6. The van der Waals surface area contributed by atoms with Crippen LogP contribution in [-0.2, 0) is 0 Å². The SMILES string of the molecule is Nc1ncnc2c1cnn2C1CCC(C(O)c2ccc(Cl)cc2)C1. The lowest BCUT2D eigenvalue weighted by Crippen LogP contribution is -2.12. The van der Waals surface area contributed by atoms with Crippen LogP contribution in [0.25, 0.3) is 11.0 Å². The summed E-state index contributed by atoms with van der Waals surface area (Å²) in [7, 11) is 0. The number of halogens is 1. The maximum atomic E-state index is 10.7. The second-order valence-electron chi connectivity index (χ2n) is 6.31. The predicted octanol–water partition coefficient (Wildman–Crippen LogP) is 3.14. The molecule has 1 fully saturated rings. The molecule has 3 unspecified atom stereocenters. The molecule has 3 aromatic rings. The lowest BCUT2D eigenvalue weighted by atomic mass is 9.94. The summed E-state index contributed by atoms with van der Waals surface area (Å²) in [5.74, 6) is 0.636. The van der Waals surface area contributed by atoms with Crippen LogP contribution in [-0.4, -0.2) is 24.9 Å². The number of aromatic nitrogens is 4. The van der Waals surface area contributed by atoms with Crippen molar-refractivity contribution in [2.45, 2.75) is 31.4 Å². The quantitative estimate of drug-likeness (QED) is 0.762. The van der Waals surface area contributed by atoms with Gasteiger partial charge in [-0.3, -0.25) is 0 Å². The average Bonchev–Trinajstić information content (AvgIpc) is 3.22. The van der Waals surface area contributed by atoms with Crippen LogP contribution in [0.2, 0.25) is 5.02 Å². The van der Waals surface area contributed by atoms with Crippen LogP contribution in [0.3, 0.4) is 0 Å². The zero-order valence-corrected chi connectivity index (χ0v) is 13.8. The molecular formula is C17H18ClN5O. The minimum atomic E-state index is -0.492. The van der Waals surface area contributed by atoms with Gasteiger partial charge in [0.1, 0.15) is 12.1 Å². The first-order valence-corrected chi connectivity index (χ1v) is 8.38. The minimum Gasteiger partial charge on any atom is -0.388 e. The van der Waals surface area contributed by atoms with Gasteiger partial charge < -0.3 is 10.8 Å². The molecule has 1 aliphatic rings. The van der Waals surface area contributed by atoms with E-state index in [-0.39, 0.29) is 12.0 Å². The van der Waals surface area contributed by atoms with Crippen LogP contribution in [0.4, 0.5) is 5.82 Å². The van der Waals surface area contributed by atoms with Crippen LogP contribution in [0.15, 0.2) is 36.8 Å². The Hall–Kier alpha value is -2.18. The molecule has 1 saturated carbocycles. The lowest BCUT2D eigenvalue weighted by molar-refractivity contribution is 0.109. The zero-order chi connectivity index (χ0) is 16.7. The number of rotatable bonds is 3. The van der Waals surface area contributed by atoms with Gasteiger partial charge in [-0.15, -0.1) is 0 Å². The highest BCUT2D eigenvalue weighted by atomic mass is 35.5.